The maximum atomic E-state index is 12.8. The first kappa shape index (κ1) is 16.0. The van der Waals surface area contributed by atoms with Crippen molar-refractivity contribution in [2.24, 2.45) is 0 Å². The lowest BCUT2D eigenvalue weighted by atomic mass is 10.0. The fourth-order valence-corrected chi connectivity index (χ4v) is 3.33. The maximum absolute atomic E-state index is 12.8. The van der Waals surface area contributed by atoms with Crippen molar-refractivity contribution in [3.8, 4) is 0 Å². The Balaban J connectivity index is 2.00. The molecule has 1 atom stereocenters. The number of carboxylic acids is 1. The lowest BCUT2D eigenvalue weighted by Gasteiger charge is -2.36. The first-order chi connectivity index (χ1) is 11.1. The van der Waals surface area contributed by atoms with Crippen LogP contribution in [0.25, 0.3) is 0 Å². The molecule has 124 valence electrons. The van der Waals surface area contributed by atoms with Gasteiger partial charge < -0.3 is 14.6 Å². The van der Waals surface area contributed by atoms with Gasteiger partial charge in [-0.25, -0.2) is 0 Å². The maximum Gasteiger partial charge on any atom is 0.320 e. The van der Waals surface area contributed by atoms with Crippen LogP contribution in [0.15, 0.2) is 24.3 Å². The second-order valence-corrected chi connectivity index (χ2v) is 5.87. The van der Waals surface area contributed by atoms with Crippen LogP contribution >= 0.6 is 0 Å². The average Bonchev–Trinajstić information content (AvgIpc) is 3.09. The van der Waals surface area contributed by atoms with Crippen molar-refractivity contribution >= 4 is 17.6 Å². The second-order valence-electron chi connectivity index (χ2n) is 5.87. The zero-order valence-corrected chi connectivity index (χ0v) is 13.2. The van der Waals surface area contributed by atoms with E-state index in [1.165, 1.54) is 4.90 Å². The smallest absolute Gasteiger partial charge is 0.320 e. The fraction of sp³-hybridized carbons (Fsp3) is 0.529. The number of hydrogen-bond donors (Lipinski definition) is 1. The fourth-order valence-electron chi connectivity index (χ4n) is 3.33. The number of amides is 1. The number of nitrogens with zero attached hydrogens (tertiary/aromatic N) is 1. The number of anilines is 1. The van der Waals surface area contributed by atoms with Crippen molar-refractivity contribution in [2.45, 2.75) is 44.4 Å². The Morgan fingerprint density at radius 1 is 1.30 bits per heavy atom. The third-order valence-corrected chi connectivity index (χ3v) is 4.38. The molecule has 0 bridgehead atoms. The second kappa shape index (κ2) is 6.29. The van der Waals surface area contributed by atoms with E-state index in [2.05, 4.69) is 6.92 Å². The number of rotatable bonds is 6. The van der Waals surface area contributed by atoms with Gasteiger partial charge in [0.25, 0.3) is 5.91 Å². The van der Waals surface area contributed by atoms with Gasteiger partial charge in [-0.1, -0.05) is 38.0 Å². The minimum absolute atomic E-state index is 0.399. The molecule has 1 unspecified atom stereocenters. The zero-order chi connectivity index (χ0) is 16.4. The van der Waals surface area contributed by atoms with Crippen molar-refractivity contribution in [2.75, 3.05) is 18.1 Å². The molecule has 1 N–H and O–H groups in total. The standard InChI is InChI=1S/C17H21NO5/c1-2-3-6-9-17(22-10-11-23-17)18-13-8-5-4-7-12(13)14(15(18)19)16(20)21/h4-5,7-8,14H,2-3,6,9-11H2,1H3,(H,20,21). The van der Waals surface area contributed by atoms with Gasteiger partial charge in [0.1, 0.15) is 0 Å². The monoisotopic (exact) mass is 319 g/mol. The normalized spacial score (nSPS) is 22.4. The molecule has 6 heteroatoms. The lowest BCUT2D eigenvalue weighted by Crippen LogP contribution is -2.52. The molecule has 2 heterocycles. The highest BCUT2D eigenvalue weighted by Gasteiger charge is 2.54. The summed E-state index contributed by atoms with van der Waals surface area (Å²) in [6.45, 7) is 2.89. The molecule has 23 heavy (non-hydrogen) atoms. The highest BCUT2D eigenvalue weighted by Crippen LogP contribution is 2.45. The summed E-state index contributed by atoms with van der Waals surface area (Å²) in [4.78, 5) is 25.8. The topological polar surface area (TPSA) is 76.1 Å². The summed E-state index contributed by atoms with van der Waals surface area (Å²) in [7, 11) is 0. The number of benzene rings is 1. The summed E-state index contributed by atoms with van der Waals surface area (Å²) in [6, 6.07) is 6.97. The summed E-state index contributed by atoms with van der Waals surface area (Å²) in [5.41, 5.74) is 1.07. The number of carbonyl (C=O) groups excluding carboxylic acids is 1. The first-order valence-electron chi connectivity index (χ1n) is 8.04. The minimum Gasteiger partial charge on any atom is -0.480 e. The third kappa shape index (κ3) is 2.62. The van der Waals surface area contributed by atoms with Crippen LogP contribution in [-0.2, 0) is 19.1 Å². The van der Waals surface area contributed by atoms with Gasteiger partial charge in [0.15, 0.2) is 5.92 Å². The minimum atomic E-state index is -1.19. The van der Waals surface area contributed by atoms with E-state index in [1.54, 1.807) is 24.3 Å². The van der Waals surface area contributed by atoms with E-state index in [-0.39, 0.29) is 0 Å². The number of hydrogen-bond acceptors (Lipinski definition) is 4. The predicted octanol–water partition coefficient (Wildman–Crippen LogP) is 2.48. The molecule has 0 spiro atoms. The number of unbranched alkanes of at least 4 members (excludes halogenated alkanes) is 2. The van der Waals surface area contributed by atoms with Crippen molar-refractivity contribution < 1.29 is 24.2 Å². The van der Waals surface area contributed by atoms with Crippen molar-refractivity contribution in [3.05, 3.63) is 29.8 Å². The third-order valence-electron chi connectivity index (χ3n) is 4.38. The van der Waals surface area contributed by atoms with Gasteiger partial charge in [-0.05, 0) is 18.1 Å². The molecule has 0 saturated carbocycles. The van der Waals surface area contributed by atoms with E-state index in [1.807, 2.05) is 0 Å². The summed E-state index contributed by atoms with van der Waals surface area (Å²) in [5, 5.41) is 9.46. The molecule has 0 aromatic heterocycles. The van der Waals surface area contributed by atoms with Crippen LogP contribution in [-0.4, -0.2) is 36.1 Å². The number of ether oxygens (including phenoxy) is 2. The quantitative estimate of drug-likeness (QED) is 0.644. The Morgan fingerprint density at radius 3 is 2.65 bits per heavy atom. The first-order valence-corrected chi connectivity index (χ1v) is 8.04. The summed E-state index contributed by atoms with van der Waals surface area (Å²) < 4.78 is 11.6. The SMILES string of the molecule is CCCCCC1(N2C(=O)C(C(=O)O)c3ccccc32)OCCO1. The zero-order valence-electron chi connectivity index (χ0n) is 13.2. The Morgan fingerprint density at radius 2 is 2.00 bits per heavy atom. The number of aliphatic carboxylic acids is 1. The largest absolute Gasteiger partial charge is 0.480 e. The van der Waals surface area contributed by atoms with Crippen LogP contribution in [0.1, 0.15) is 44.1 Å². The molecule has 0 aliphatic carbocycles. The van der Waals surface area contributed by atoms with E-state index >= 15 is 0 Å². The van der Waals surface area contributed by atoms with E-state index < -0.39 is 23.7 Å². The molecular weight excluding hydrogens is 298 g/mol. The van der Waals surface area contributed by atoms with Gasteiger partial charge in [-0.15, -0.1) is 0 Å². The van der Waals surface area contributed by atoms with Crippen LogP contribution in [0.5, 0.6) is 0 Å². The van der Waals surface area contributed by atoms with Gasteiger partial charge in [0.05, 0.1) is 18.9 Å². The van der Waals surface area contributed by atoms with Gasteiger partial charge in [-0.3, -0.25) is 14.5 Å². The van der Waals surface area contributed by atoms with Crippen LogP contribution < -0.4 is 4.90 Å². The predicted molar refractivity (Wildman–Crippen MR) is 83.1 cm³/mol. The highest BCUT2D eigenvalue weighted by molar-refractivity contribution is 6.16. The number of carboxylic acid groups (broad SMARTS) is 1. The number of para-hydroxylation sites is 1. The molecule has 1 aromatic carbocycles. The van der Waals surface area contributed by atoms with E-state index in [9.17, 15) is 14.7 Å². The van der Waals surface area contributed by atoms with Crippen molar-refractivity contribution in [3.63, 3.8) is 0 Å². The molecule has 1 aromatic rings. The molecule has 1 amide bonds. The van der Waals surface area contributed by atoms with E-state index in [0.29, 0.717) is 30.9 Å². The van der Waals surface area contributed by atoms with E-state index in [4.69, 9.17) is 9.47 Å². The van der Waals surface area contributed by atoms with Crippen LogP contribution in [0.3, 0.4) is 0 Å². The number of fused-ring (bicyclic) bond motifs is 1. The summed E-state index contributed by atoms with van der Waals surface area (Å²) in [6.07, 6.45) is 3.42. The Labute approximate surface area is 135 Å². The van der Waals surface area contributed by atoms with Crippen molar-refractivity contribution in [1.29, 1.82) is 0 Å². The van der Waals surface area contributed by atoms with Crippen molar-refractivity contribution in [1.82, 2.24) is 0 Å². The number of carbonyl (C=O) groups is 2. The van der Waals surface area contributed by atoms with Gasteiger partial charge in [-0.2, -0.15) is 0 Å². The van der Waals surface area contributed by atoms with Gasteiger partial charge >= 0.3 is 5.97 Å². The molecule has 1 fully saturated rings. The molecule has 3 rings (SSSR count). The highest BCUT2D eigenvalue weighted by atomic mass is 16.8. The lowest BCUT2D eigenvalue weighted by molar-refractivity contribution is -0.170. The molecule has 6 nitrogen and oxygen atoms in total. The van der Waals surface area contributed by atoms with Gasteiger partial charge in [0.2, 0.25) is 5.91 Å². The Hall–Kier alpha value is -1.92. The van der Waals surface area contributed by atoms with Gasteiger partial charge in [0, 0.05) is 6.42 Å². The average molecular weight is 319 g/mol. The molecule has 2 aliphatic rings. The van der Waals surface area contributed by atoms with E-state index in [0.717, 1.165) is 19.3 Å². The molecule has 2 aliphatic heterocycles. The van der Waals surface area contributed by atoms with Crippen LogP contribution in [0.4, 0.5) is 5.69 Å². The molecule has 1 saturated heterocycles. The summed E-state index contributed by atoms with van der Waals surface area (Å²) in [5.74, 6) is -4.00. The summed E-state index contributed by atoms with van der Waals surface area (Å²) >= 11 is 0. The molecular formula is C17H21NO5. The molecule has 0 radical (unpaired) electrons. The van der Waals surface area contributed by atoms with Crippen LogP contribution in [0.2, 0.25) is 0 Å². The Kier molecular flexibility index (Phi) is 4.37. The Bertz CT molecular complexity index is 609. The van der Waals surface area contributed by atoms with Crippen LogP contribution in [0, 0.1) is 0 Å².